The minimum atomic E-state index is -1.19. The molecular formula is C20H19ClFN3O3. The van der Waals surface area contributed by atoms with E-state index in [-0.39, 0.29) is 42.7 Å². The van der Waals surface area contributed by atoms with Gasteiger partial charge in [0, 0.05) is 25.6 Å². The molecule has 0 unspecified atom stereocenters. The van der Waals surface area contributed by atoms with Crippen LogP contribution in [-0.2, 0) is 16.1 Å². The Morgan fingerprint density at radius 3 is 2.57 bits per heavy atom. The maximum absolute atomic E-state index is 14.4. The van der Waals surface area contributed by atoms with Crippen molar-refractivity contribution >= 4 is 29.2 Å². The first-order chi connectivity index (χ1) is 13.3. The third-order valence-corrected chi connectivity index (χ3v) is 5.61. The van der Waals surface area contributed by atoms with Gasteiger partial charge in [-0.25, -0.2) is 9.37 Å². The van der Waals surface area contributed by atoms with E-state index in [2.05, 4.69) is 4.98 Å². The Kier molecular flexibility index (Phi) is 4.59. The molecule has 1 saturated heterocycles. The van der Waals surface area contributed by atoms with Gasteiger partial charge < -0.3 is 10.0 Å². The third-order valence-electron chi connectivity index (χ3n) is 5.41. The summed E-state index contributed by atoms with van der Waals surface area (Å²) in [6.07, 6.45) is 0.795. The molecule has 0 atom stereocenters. The van der Waals surface area contributed by atoms with Gasteiger partial charge in [0.1, 0.15) is 12.1 Å². The highest BCUT2D eigenvalue weighted by Crippen LogP contribution is 2.43. The van der Waals surface area contributed by atoms with Crippen LogP contribution in [0.1, 0.15) is 24.0 Å². The normalized spacial score (nSPS) is 24.6. The Morgan fingerprint density at radius 2 is 1.96 bits per heavy atom. The van der Waals surface area contributed by atoms with E-state index < -0.39 is 23.4 Å². The van der Waals surface area contributed by atoms with Gasteiger partial charge in [-0.15, -0.1) is 0 Å². The van der Waals surface area contributed by atoms with Crippen LogP contribution in [0, 0.1) is 12.7 Å². The minimum Gasteiger partial charge on any atom is -0.393 e. The topological polar surface area (TPSA) is 73.7 Å². The number of benzene rings is 1. The van der Waals surface area contributed by atoms with E-state index in [1.807, 2.05) is 31.2 Å². The molecule has 146 valence electrons. The summed E-state index contributed by atoms with van der Waals surface area (Å²) < 4.78 is 14.4. The number of amides is 2. The van der Waals surface area contributed by atoms with Crippen molar-refractivity contribution in [3.05, 3.63) is 58.5 Å². The van der Waals surface area contributed by atoms with Gasteiger partial charge in [-0.1, -0.05) is 41.4 Å². The largest absolute Gasteiger partial charge is 0.393 e. The Hall–Kier alpha value is -2.51. The number of anilines is 1. The quantitative estimate of drug-likeness (QED) is 0.854. The summed E-state index contributed by atoms with van der Waals surface area (Å²) in [7, 11) is 0. The summed E-state index contributed by atoms with van der Waals surface area (Å²) >= 11 is 5.74. The maximum atomic E-state index is 14.4. The number of hydrogen-bond donors (Lipinski definition) is 1. The van der Waals surface area contributed by atoms with Crippen molar-refractivity contribution in [1.29, 1.82) is 0 Å². The standard InChI is InChI=1S/C20H19ClFN3O3/c1-12-2-4-13(5-3-12)10-25-17(27)11-24(18-16(22)6-14(21)9-23-18)19(28)20(25)7-15(26)8-20/h2-6,9,15,26H,7-8,10-11H2,1H3/t15-,20-. The predicted octanol–water partition coefficient (Wildman–Crippen LogP) is 2.45. The predicted molar refractivity (Wildman–Crippen MR) is 101 cm³/mol. The number of rotatable bonds is 3. The van der Waals surface area contributed by atoms with E-state index in [1.54, 1.807) is 0 Å². The Morgan fingerprint density at radius 1 is 1.29 bits per heavy atom. The summed E-state index contributed by atoms with van der Waals surface area (Å²) in [5, 5.41) is 10.0. The molecule has 1 aromatic heterocycles. The van der Waals surface area contributed by atoms with Crippen molar-refractivity contribution in [2.75, 3.05) is 11.4 Å². The fraction of sp³-hybridized carbons (Fsp3) is 0.350. The Bertz CT molecular complexity index is 944. The van der Waals surface area contributed by atoms with Gasteiger partial charge in [-0.05, 0) is 18.6 Å². The fourth-order valence-electron chi connectivity index (χ4n) is 3.91. The molecular weight excluding hydrogens is 385 g/mol. The summed E-state index contributed by atoms with van der Waals surface area (Å²) in [5.74, 6) is -1.74. The molecule has 8 heteroatoms. The van der Waals surface area contributed by atoms with Gasteiger partial charge in [-0.2, -0.15) is 0 Å². The van der Waals surface area contributed by atoms with Gasteiger partial charge in [-0.3, -0.25) is 14.5 Å². The van der Waals surface area contributed by atoms with Crippen molar-refractivity contribution in [3.8, 4) is 0 Å². The van der Waals surface area contributed by atoms with Crippen molar-refractivity contribution in [3.63, 3.8) is 0 Å². The molecule has 2 amide bonds. The van der Waals surface area contributed by atoms with Crippen LogP contribution in [0.3, 0.4) is 0 Å². The van der Waals surface area contributed by atoms with Crippen LogP contribution >= 0.6 is 11.6 Å². The van der Waals surface area contributed by atoms with Crippen molar-refractivity contribution in [2.45, 2.75) is 38.0 Å². The summed E-state index contributed by atoms with van der Waals surface area (Å²) in [5.41, 5.74) is 0.790. The number of aryl methyl sites for hydroxylation is 1. The number of piperazine rings is 1. The molecule has 0 bridgehead atoms. The smallest absolute Gasteiger partial charge is 0.254 e. The molecule has 1 N–H and O–H groups in total. The van der Waals surface area contributed by atoms with E-state index >= 15 is 0 Å². The van der Waals surface area contributed by atoms with E-state index in [9.17, 15) is 19.1 Å². The SMILES string of the molecule is Cc1ccc(CN2C(=O)CN(c3ncc(Cl)cc3F)C(=O)[C@]23C[C@@H](O)C3)cc1. The second-order valence-electron chi connectivity index (χ2n) is 7.41. The van der Waals surface area contributed by atoms with Crippen LogP contribution in [0.2, 0.25) is 5.02 Å². The number of aliphatic hydroxyl groups is 1. The Labute approximate surface area is 166 Å². The number of carbonyl (C=O) groups excluding carboxylic acids is 2. The van der Waals surface area contributed by atoms with Gasteiger partial charge in [0.2, 0.25) is 5.91 Å². The number of aliphatic hydroxyl groups excluding tert-OH is 1. The number of hydrogen-bond acceptors (Lipinski definition) is 4. The van der Waals surface area contributed by atoms with E-state index in [4.69, 9.17) is 11.6 Å². The first kappa shape index (κ1) is 18.8. The van der Waals surface area contributed by atoms with Gasteiger partial charge in [0.15, 0.2) is 11.6 Å². The lowest BCUT2D eigenvalue weighted by molar-refractivity contribution is -0.167. The highest BCUT2D eigenvalue weighted by atomic mass is 35.5. The Balaban J connectivity index is 1.68. The first-order valence-corrected chi connectivity index (χ1v) is 9.35. The molecule has 1 aliphatic heterocycles. The van der Waals surface area contributed by atoms with E-state index in [0.717, 1.165) is 22.1 Å². The highest BCUT2D eigenvalue weighted by molar-refractivity contribution is 6.30. The number of aromatic nitrogens is 1. The summed E-state index contributed by atoms with van der Waals surface area (Å²) in [4.78, 5) is 32.7. The zero-order valence-electron chi connectivity index (χ0n) is 15.2. The van der Waals surface area contributed by atoms with Crippen LogP contribution in [0.15, 0.2) is 36.5 Å². The molecule has 0 radical (unpaired) electrons. The molecule has 1 aromatic carbocycles. The molecule has 2 fully saturated rings. The lowest BCUT2D eigenvalue weighted by Crippen LogP contribution is -2.73. The van der Waals surface area contributed by atoms with Gasteiger partial charge in [0.05, 0.1) is 11.1 Å². The number of halogens is 2. The van der Waals surface area contributed by atoms with Crippen LogP contribution < -0.4 is 4.90 Å². The van der Waals surface area contributed by atoms with E-state index in [1.165, 1.54) is 11.1 Å². The second-order valence-corrected chi connectivity index (χ2v) is 7.85. The summed E-state index contributed by atoms with van der Waals surface area (Å²) in [6, 6.07) is 8.74. The monoisotopic (exact) mass is 403 g/mol. The molecule has 1 spiro atoms. The average Bonchev–Trinajstić information content (AvgIpc) is 2.62. The van der Waals surface area contributed by atoms with E-state index in [0.29, 0.717) is 0 Å². The molecule has 2 aliphatic rings. The third kappa shape index (κ3) is 3.04. The lowest BCUT2D eigenvalue weighted by atomic mass is 9.70. The number of pyridine rings is 1. The minimum absolute atomic E-state index is 0.104. The average molecular weight is 404 g/mol. The second kappa shape index (κ2) is 6.83. The number of carbonyl (C=O) groups is 2. The summed E-state index contributed by atoms with van der Waals surface area (Å²) in [6.45, 7) is 1.91. The molecule has 2 heterocycles. The molecule has 1 aliphatic carbocycles. The molecule has 1 saturated carbocycles. The van der Waals surface area contributed by atoms with Crippen molar-refractivity contribution < 1.29 is 19.1 Å². The molecule has 4 rings (SSSR count). The molecule has 28 heavy (non-hydrogen) atoms. The van der Waals surface area contributed by atoms with Gasteiger partial charge >= 0.3 is 0 Å². The number of nitrogens with zero attached hydrogens (tertiary/aromatic N) is 3. The maximum Gasteiger partial charge on any atom is 0.254 e. The highest BCUT2D eigenvalue weighted by Gasteiger charge is 2.60. The van der Waals surface area contributed by atoms with Crippen LogP contribution in [-0.4, -0.2) is 45.0 Å². The van der Waals surface area contributed by atoms with Gasteiger partial charge in [0.25, 0.3) is 5.91 Å². The molecule has 2 aromatic rings. The van der Waals surface area contributed by atoms with Crippen molar-refractivity contribution in [1.82, 2.24) is 9.88 Å². The zero-order valence-corrected chi connectivity index (χ0v) is 16.0. The van der Waals surface area contributed by atoms with Crippen LogP contribution in [0.5, 0.6) is 0 Å². The lowest BCUT2D eigenvalue weighted by Gasteiger charge is -2.55. The van der Waals surface area contributed by atoms with Crippen molar-refractivity contribution in [2.24, 2.45) is 0 Å². The molecule has 6 nitrogen and oxygen atoms in total. The van der Waals surface area contributed by atoms with Crippen LogP contribution in [0.4, 0.5) is 10.2 Å². The van der Waals surface area contributed by atoms with Crippen LogP contribution in [0.25, 0.3) is 0 Å². The fourth-order valence-corrected chi connectivity index (χ4v) is 4.05. The first-order valence-electron chi connectivity index (χ1n) is 8.97. The zero-order chi connectivity index (χ0) is 20.1.